The van der Waals surface area contributed by atoms with Crippen molar-refractivity contribution in [2.45, 2.75) is 38.6 Å². The van der Waals surface area contributed by atoms with Gasteiger partial charge in [-0.05, 0) is 25.8 Å². The van der Waals surface area contributed by atoms with E-state index >= 15 is 0 Å². The average molecular weight is 224 g/mol. The summed E-state index contributed by atoms with van der Waals surface area (Å²) in [5.74, 6) is -0.122. The van der Waals surface area contributed by atoms with Crippen molar-refractivity contribution < 1.29 is 9.53 Å². The van der Waals surface area contributed by atoms with Crippen LogP contribution in [0.15, 0.2) is 0 Å². The highest BCUT2D eigenvalue weighted by molar-refractivity contribution is 5.72. The fraction of sp³-hybridized carbons (Fsp3) is 0.833. The second kappa shape index (κ2) is 6.49. The SMILES string of the molecule is CCC(CC#N)N1CCC[C@H](C(=O)OC)C1. The number of likely N-dealkylation sites (tertiary alicyclic amines) is 1. The van der Waals surface area contributed by atoms with Crippen LogP contribution in [0.25, 0.3) is 0 Å². The van der Waals surface area contributed by atoms with E-state index in [4.69, 9.17) is 10.00 Å². The van der Waals surface area contributed by atoms with Crippen molar-refractivity contribution in [1.82, 2.24) is 4.90 Å². The molecule has 2 atom stereocenters. The van der Waals surface area contributed by atoms with Crippen LogP contribution >= 0.6 is 0 Å². The van der Waals surface area contributed by atoms with Gasteiger partial charge in [-0.25, -0.2) is 0 Å². The van der Waals surface area contributed by atoms with E-state index in [1.54, 1.807) is 0 Å². The van der Waals surface area contributed by atoms with Crippen LogP contribution in [-0.2, 0) is 9.53 Å². The zero-order valence-electron chi connectivity index (χ0n) is 10.1. The fourth-order valence-electron chi connectivity index (χ4n) is 2.33. The summed E-state index contributed by atoms with van der Waals surface area (Å²) in [4.78, 5) is 13.7. The molecule has 1 fully saturated rings. The van der Waals surface area contributed by atoms with E-state index in [1.165, 1.54) is 7.11 Å². The normalized spacial score (nSPS) is 23.4. The van der Waals surface area contributed by atoms with Crippen molar-refractivity contribution in [2.24, 2.45) is 5.92 Å². The molecule has 0 radical (unpaired) electrons. The van der Waals surface area contributed by atoms with E-state index in [0.717, 1.165) is 32.4 Å². The lowest BCUT2D eigenvalue weighted by Gasteiger charge is -2.36. The van der Waals surface area contributed by atoms with E-state index in [9.17, 15) is 4.79 Å². The summed E-state index contributed by atoms with van der Waals surface area (Å²) in [6, 6.07) is 2.51. The molecule has 1 aliphatic heterocycles. The average Bonchev–Trinajstić information content (AvgIpc) is 2.35. The summed E-state index contributed by atoms with van der Waals surface area (Å²) >= 11 is 0. The smallest absolute Gasteiger partial charge is 0.309 e. The number of ether oxygens (including phenoxy) is 1. The molecule has 0 aromatic heterocycles. The molecule has 0 aliphatic carbocycles. The molecule has 16 heavy (non-hydrogen) atoms. The van der Waals surface area contributed by atoms with E-state index in [0.29, 0.717) is 6.42 Å². The van der Waals surface area contributed by atoms with Crippen molar-refractivity contribution in [1.29, 1.82) is 5.26 Å². The lowest BCUT2D eigenvalue weighted by Crippen LogP contribution is -2.44. The monoisotopic (exact) mass is 224 g/mol. The Morgan fingerprint density at radius 1 is 1.69 bits per heavy atom. The van der Waals surface area contributed by atoms with Crippen molar-refractivity contribution in [3.05, 3.63) is 0 Å². The molecular formula is C12H20N2O2. The van der Waals surface area contributed by atoms with Gasteiger partial charge in [0.05, 0.1) is 25.5 Å². The molecule has 1 aliphatic rings. The molecule has 0 saturated carbocycles. The number of nitrogens with zero attached hydrogens (tertiary/aromatic N) is 2. The third kappa shape index (κ3) is 3.21. The van der Waals surface area contributed by atoms with E-state index < -0.39 is 0 Å². The Kier molecular flexibility index (Phi) is 5.27. The topological polar surface area (TPSA) is 53.3 Å². The van der Waals surface area contributed by atoms with E-state index in [2.05, 4.69) is 17.9 Å². The third-order valence-electron chi connectivity index (χ3n) is 3.30. The molecule has 0 amide bonds. The van der Waals surface area contributed by atoms with Crippen molar-refractivity contribution in [3.63, 3.8) is 0 Å². The molecule has 1 heterocycles. The number of carbonyl (C=O) groups excluding carboxylic acids is 1. The minimum atomic E-state index is -0.114. The Hall–Kier alpha value is -1.08. The quantitative estimate of drug-likeness (QED) is 0.680. The molecule has 1 unspecified atom stereocenters. The predicted molar refractivity (Wildman–Crippen MR) is 60.6 cm³/mol. The van der Waals surface area contributed by atoms with Crippen LogP contribution in [0.1, 0.15) is 32.6 Å². The molecule has 0 spiro atoms. The second-order valence-corrected chi connectivity index (χ2v) is 4.28. The Labute approximate surface area is 97.2 Å². The number of nitriles is 1. The van der Waals surface area contributed by atoms with Crippen molar-refractivity contribution >= 4 is 5.97 Å². The Morgan fingerprint density at radius 2 is 2.44 bits per heavy atom. The molecule has 90 valence electrons. The van der Waals surface area contributed by atoms with Crippen LogP contribution < -0.4 is 0 Å². The third-order valence-corrected chi connectivity index (χ3v) is 3.30. The second-order valence-electron chi connectivity index (χ2n) is 4.28. The van der Waals surface area contributed by atoms with Crippen LogP contribution in [0.4, 0.5) is 0 Å². The number of piperidine rings is 1. The van der Waals surface area contributed by atoms with E-state index in [1.807, 2.05) is 0 Å². The first-order valence-corrected chi connectivity index (χ1v) is 5.91. The standard InChI is InChI=1S/C12H20N2O2/c1-3-11(6-7-13)14-8-4-5-10(9-14)12(15)16-2/h10-11H,3-6,8-9H2,1-2H3/t10-,11?/m0/s1. The number of methoxy groups -OCH3 is 1. The molecule has 0 bridgehead atoms. The Bertz CT molecular complexity index is 273. The van der Waals surface area contributed by atoms with Gasteiger partial charge in [-0.1, -0.05) is 6.92 Å². The predicted octanol–water partition coefficient (Wildman–Crippen LogP) is 1.56. The highest BCUT2D eigenvalue weighted by Crippen LogP contribution is 2.21. The van der Waals surface area contributed by atoms with Crippen LogP contribution in [0.3, 0.4) is 0 Å². The zero-order chi connectivity index (χ0) is 12.0. The minimum absolute atomic E-state index is 0.00788. The number of hydrogen-bond donors (Lipinski definition) is 0. The summed E-state index contributed by atoms with van der Waals surface area (Å²) in [6.45, 7) is 3.82. The van der Waals surface area contributed by atoms with Crippen LogP contribution in [0.5, 0.6) is 0 Å². The maximum Gasteiger partial charge on any atom is 0.309 e. The van der Waals surface area contributed by atoms with Crippen LogP contribution in [0, 0.1) is 17.2 Å². The fourth-order valence-corrected chi connectivity index (χ4v) is 2.33. The number of rotatable bonds is 4. The van der Waals surface area contributed by atoms with Crippen LogP contribution in [0.2, 0.25) is 0 Å². The maximum atomic E-state index is 11.5. The van der Waals surface area contributed by atoms with Gasteiger partial charge >= 0.3 is 5.97 Å². The Balaban J connectivity index is 2.55. The lowest BCUT2D eigenvalue weighted by molar-refractivity contribution is -0.147. The highest BCUT2D eigenvalue weighted by atomic mass is 16.5. The molecule has 1 saturated heterocycles. The number of esters is 1. The van der Waals surface area contributed by atoms with Crippen molar-refractivity contribution in [3.8, 4) is 6.07 Å². The molecule has 0 aromatic rings. The van der Waals surface area contributed by atoms with Crippen LogP contribution in [-0.4, -0.2) is 37.1 Å². The molecule has 4 heteroatoms. The van der Waals surface area contributed by atoms with Gasteiger partial charge < -0.3 is 4.74 Å². The molecular weight excluding hydrogens is 204 g/mol. The highest BCUT2D eigenvalue weighted by Gasteiger charge is 2.29. The van der Waals surface area contributed by atoms with E-state index in [-0.39, 0.29) is 17.9 Å². The minimum Gasteiger partial charge on any atom is -0.469 e. The first-order chi connectivity index (χ1) is 7.72. The van der Waals surface area contributed by atoms with Gasteiger partial charge in [-0.15, -0.1) is 0 Å². The summed E-state index contributed by atoms with van der Waals surface area (Å²) < 4.78 is 4.78. The zero-order valence-corrected chi connectivity index (χ0v) is 10.1. The van der Waals surface area contributed by atoms with Gasteiger partial charge in [-0.2, -0.15) is 5.26 Å². The lowest BCUT2D eigenvalue weighted by atomic mass is 9.95. The first-order valence-electron chi connectivity index (χ1n) is 5.91. The number of carbonyl (C=O) groups is 1. The number of hydrogen-bond acceptors (Lipinski definition) is 4. The summed E-state index contributed by atoms with van der Waals surface area (Å²) in [7, 11) is 1.44. The molecule has 4 nitrogen and oxygen atoms in total. The van der Waals surface area contributed by atoms with Gasteiger partial charge in [0.15, 0.2) is 0 Å². The van der Waals surface area contributed by atoms with Gasteiger partial charge in [-0.3, -0.25) is 9.69 Å². The molecule has 0 N–H and O–H groups in total. The molecule has 1 rings (SSSR count). The summed E-state index contributed by atoms with van der Waals surface area (Å²) in [6.07, 6.45) is 3.43. The maximum absolute atomic E-state index is 11.5. The van der Waals surface area contributed by atoms with Gasteiger partial charge in [0.25, 0.3) is 0 Å². The van der Waals surface area contributed by atoms with Crippen molar-refractivity contribution in [2.75, 3.05) is 20.2 Å². The first kappa shape index (κ1) is 13.0. The molecule has 0 aromatic carbocycles. The summed E-state index contributed by atoms with van der Waals surface area (Å²) in [5.41, 5.74) is 0. The van der Waals surface area contributed by atoms with Gasteiger partial charge in [0.1, 0.15) is 0 Å². The summed E-state index contributed by atoms with van der Waals surface area (Å²) in [5, 5.41) is 8.75. The van der Waals surface area contributed by atoms with Gasteiger partial charge in [0, 0.05) is 12.6 Å². The largest absolute Gasteiger partial charge is 0.469 e. The van der Waals surface area contributed by atoms with Gasteiger partial charge in [0.2, 0.25) is 0 Å². The Morgan fingerprint density at radius 3 is 3.00 bits per heavy atom.